The second-order valence-corrected chi connectivity index (χ2v) is 6.36. The zero-order valence-electron chi connectivity index (χ0n) is 11.6. The first-order valence-electron chi connectivity index (χ1n) is 7.46. The van der Waals surface area contributed by atoms with Crippen molar-refractivity contribution in [2.75, 3.05) is 13.1 Å². The molecule has 4 heteroatoms. The van der Waals surface area contributed by atoms with E-state index in [4.69, 9.17) is 17.3 Å². The summed E-state index contributed by atoms with van der Waals surface area (Å²) in [5.41, 5.74) is 7.00. The van der Waals surface area contributed by atoms with Crippen molar-refractivity contribution in [3.63, 3.8) is 0 Å². The average molecular weight is 293 g/mol. The summed E-state index contributed by atoms with van der Waals surface area (Å²) in [6.07, 6.45) is 4.30. The number of carbonyl (C=O) groups excluding carboxylic acids is 1. The van der Waals surface area contributed by atoms with Crippen LogP contribution in [0.3, 0.4) is 0 Å². The topological polar surface area (TPSA) is 46.3 Å². The van der Waals surface area contributed by atoms with Crippen LogP contribution in [0.2, 0.25) is 5.02 Å². The van der Waals surface area contributed by atoms with Crippen molar-refractivity contribution in [3.05, 3.63) is 34.9 Å². The van der Waals surface area contributed by atoms with Crippen molar-refractivity contribution >= 4 is 17.5 Å². The number of likely N-dealkylation sites (tertiary alicyclic amines) is 1. The van der Waals surface area contributed by atoms with Gasteiger partial charge in [-0.3, -0.25) is 4.79 Å². The second-order valence-electron chi connectivity index (χ2n) is 5.92. The van der Waals surface area contributed by atoms with Crippen LogP contribution < -0.4 is 5.73 Å². The Morgan fingerprint density at radius 3 is 3.00 bits per heavy atom. The quantitative estimate of drug-likeness (QED) is 0.931. The lowest BCUT2D eigenvalue weighted by Crippen LogP contribution is -2.48. The number of piperidine rings is 1. The molecule has 0 radical (unpaired) electrons. The van der Waals surface area contributed by atoms with Crippen LogP contribution in [0.5, 0.6) is 0 Å². The maximum atomic E-state index is 12.6. The highest BCUT2D eigenvalue weighted by atomic mass is 35.5. The van der Waals surface area contributed by atoms with Gasteiger partial charge >= 0.3 is 0 Å². The SMILES string of the molecule is NCC1CCCCN1C(=O)C1CC1c1cccc(Cl)c1. The number of carbonyl (C=O) groups is 1. The predicted molar refractivity (Wildman–Crippen MR) is 80.7 cm³/mol. The molecule has 3 atom stereocenters. The molecule has 1 heterocycles. The van der Waals surface area contributed by atoms with Gasteiger partial charge in [0.15, 0.2) is 0 Å². The van der Waals surface area contributed by atoms with Crippen molar-refractivity contribution in [2.45, 2.75) is 37.6 Å². The van der Waals surface area contributed by atoms with Gasteiger partial charge in [-0.2, -0.15) is 0 Å². The van der Waals surface area contributed by atoms with E-state index in [2.05, 4.69) is 6.07 Å². The Morgan fingerprint density at radius 2 is 2.25 bits per heavy atom. The van der Waals surface area contributed by atoms with Gasteiger partial charge in [-0.15, -0.1) is 0 Å². The number of amides is 1. The minimum absolute atomic E-state index is 0.139. The van der Waals surface area contributed by atoms with E-state index in [0.717, 1.165) is 30.8 Å². The van der Waals surface area contributed by atoms with Gasteiger partial charge in [-0.05, 0) is 49.3 Å². The fraction of sp³-hybridized carbons (Fsp3) is 0.562. The van der Waals surface area contributed by atoms with Crippen LogP contribution in [0.15, 0.2) is 24.3 Å². The van der Waals surface area contributed by atoms with E-state index in [1.165, 1.54) is 12.0 Å². The molecule has 0 bridgehead atoms. The molecule has 1 aromatic rings. The van der Waals surface area contributed by atoms with E-state index in [0.29, 0.717) is 18.4 Å². The summed E-state index contributed by atoms with van der Waals surface area (Å²) in [5.74, 6) is 0.785. The molecule has 0 aromatic heterocycles. The summed E-state index contributed by atoms with van der Waals surface area (Å²) in [5, 5.41) is 0.749. The minimum atomic E-state index is 0.139. The van der Waals surface area contributed by atoms with Gasteiger partial charge in [0.25, 0.3) is 0 Å². The second kappa shape index (κ2) is 5.74. The maximum absolute atomic E-state index is 12.6. The first-order chi connectivity index (χ1) is 9.70. The fourth-order valence-corrected chi connectivity index (χ4v) is 3.52. The fourth-order valence-electron chi connectivity index (χ4n) is 3.32. The van der Waals surface area contributed by atoms with Gasteiger partial charge in [0.1, 0.15) is 0 Å². The van der Waals surface area contributed by atoms with Crippen LogP contribution in [0.1, 0.15) is 37.2 Å². The molecule has 3 unspecified atom stereocenters. The zero-order valence-corrected chi connectivity index (χ0v) is 12.4. The van der Waals surface area contributed by atoms with Crippen LogP contribution in [-0.4, -0.2) is 29.9 Å². The lowest BCUT2D eigenvalue weighted by molar-refractivity contribution is -0.136. The van der Waals surface area contributed by atoms with Crippen molar-refractivity contribution in [2.24, 2.45) is 11.7 Å². The summed E-state index contributed by atoms with van der Waals surface area (Å²) in [4.78, 5) is 14.7. The third-order valence-corrected chi connectivity index (χ3v) is 4.80. The number of nitrogens with zero attached hydrogens (tertiary/aromatic N) is 1. The summed E-state index contributed by atoms with van der Waals surface area (Å²) < 4.78 is 0. The molecule has 0 spiro atoms. The average Bonchev–Trinajstić information content (AvgIpc) is 3.27. The molecule has 2 aliphatic rings. The van der Waals surface area contributed by atoms with Crippen LogP contribution in [0, 0.1) is 5.92 Å². The summed E-state index contributed by atoms with van der Waals surface area (Å²) in [6.45, 7) is 1.46. The highest BCUT2D eigenvalue weighted by Gasteiger charge is 2.46. The molecule has 1 saturated heterocycles. The first-order valence-corrected chi connectivity index (χ1v) is 7.84. The molecule has 2 N–H and O–H groups in total. The van der Waals surface area contributed by atoms with E-state index in [9.17, 15) is 4.79 Å². The van der Waals surface area contributed by atoms with Gasteiger partial charge < -0.3 is 10.6 Å². The molecule has 1 saturated carbocycles. The summed E-state index contributed by atoms with van der Waals surface area (Å²) >= 11 is 6.03. The Morgan fingerprint density at radius 1 is 1.40 bits per heavy atom. The van der Waals surface area contributed by atoms with Crippen molar-refractivity contribution < 1.29 is 4.79 Å². The normalized spacial score (nSPS) is 29.3. The third kappa shape index (κ3) is 2.70. The van der Waals surface area contributed by atoms with Gasteiger partial charge in [0, 0.05) is 30.1 Å². The van der Waals surface area contributed by atoms with Crippen LogP contribution in [0.4, 0.5) is 0 Å². The standard InChI is InChI=1S/C16H21ClN2O/c17-12-5-3-4-11(8-12)14-9-15(14)16(20)19-7-2-1-6-13(19)10-18/h3-5,8,13-15H,1-2,6-7,9-10,18H2. The smallest absolute Gasteiger partial charge is 0.226 e. The van der Waals surface area contributed by atoms with E-state index in [-0.39, 0.29) is 12.0 Å². The molecular formula is C16H21ClN2O. The Balaban J connectivity index is 1.67. The van der Waals surface area contributed by atoms with Gasteiger partial charge in [0.05, 0.1) is 0 Å². The molecule has 3 nitrogen and oxygen atoms in total. The molecule has 3 rings (SSSR count). The molecule has 1 amide bonds. The van der Waals surface area contributed by atoms with E-state index < -0.39 is 0 Å². The molecular weight excluding hydrogens is 272 g/mol. The molecule has 20 heavy (non-hydrogen) atoms. The van der Waals surface area contributed by atoms with Gasteiger partial charge in [0.2, 0.25) is 5.91 Å². The van der Waals surface area contributed by atoms with Crippen LogP contribution in [0.25, 0.3) is 0 Å². The lowest BCUT2D eigenvalue weighted by Gasteiger charge is -2.35. The molecule has 2 fully saturated rings. The molecule has 1 aromatic carbocycles. The highest BCUT2D eigenvalue weighted by molar-refractivity contribution is 6.30. The zero-order chi connectivity index (χ0) is 14.1. The Bertz CT molecular complexity index is 505. The number of halogens is 1. The van der Waals surface area contributed by atoms with Gasteiger partial charge in [-0.1, -0.05) is 23.7 Å². The van der Waals surface area contributed by atoms with E-state index in [1.54, 1.807) is 0 Å². The van der Waals surface area contributed by atoms with Crippen molar-refractivity contribution in [1.29, 1.82) is 0 Å². The number of hydrogen-bond acceptors (Lipinski definition) is 2. The molecule has 1 aliphatic carbocycles. The monoisotopic (exact) mass is 292 g/mol. The van der Waals surface area contributed by atoms with Gasteiger partial charge in [-0.25, -0.2) is 0 Å². The summed E-state index contributed by atoms with van der Waals surface area (Å²) in [7, 11) is 0. The number of nitrogens with two attached hydrogens (primary N) is 1. The highest BCUT2D eigenvalue weighted by Crippen LogP contribution is 2.49. The van der Waals surface area contributed by atoms with Crippen LogP contribution in [-0.2, 0) is 4.79 Å². The third-order valence-electron chi connectivity index (χ3n) is 4.57. The Labute approximate surface area is 125 Å². The van der Waals surface area contributed by atoms with Crippen LogP contribution >= 0.6 is 11.6 Å². The number of rotatable bonds is 3. The Hall–Kier alpha value is -1.06. The largest absolute Gasteiger partial charge is 0.338 e. The van der Waals surface area contributed by atoms with Crippen molar-refractivity contribution in [1.82, 2.24) is 4.90 Å². The number of hydrogen-bond donors (Lipinski definition) is 1. The number of benzene rings is 1. The molecule has 108 valence electrons. The molecule has 1 aliphatic heterocycles. The lowest BCUT2D eigenvalue weighted by atomic mass is 10.0. The van der Waals surface area contributed by atoms with E-state index in [1.807, 2.05) is 23.1 Å². The first kappa shape index (κ1) is 13.9. The van der Waals surface area contributed by atoms with E-state index >= 15 is 0 Å². The van der Waals surface area contributed by atoms with Crippen molar-refractivity contribution in [3.8, 4) is 0 Å². The maximum Gasteiger partial charge on any atom is 0.226 e. The summed E-state index contributed by atoms with van der Waals surface area (Å²) in [6, 6.07) is 8.13. The minimum Gasteiger partial charge on any atom is -0.338 e. The predicted octanol–water partition coefficient (Wildman–Crippen LogP) is 2.78. The Kier molecular flexibility index (Phi) is 3.99.